The van der Waals surface area contributed by atoms with Gasteiger partial charge in [0.25, 0.3) is 11.8 Å². The Morgan fingerprint density at radius 1 is 1.33 bits per heavy atom. The molecular weight excluding hydrogens is 344 g/mol. The number of carbonyl (C=O) groups excluding carboxylic acids is 3. The maximum atomic E-state index is 12.4. The number of nitrogens with one attached hydrogen (secondary N) is 1. The standard InChI is InChI=1S/C13H9BrN2O5/c1-20-13(19)9-8-10(21-15-9)12(18)16(11(8)17)7-4-2-6(14)3-5-7/h2-5,10,15H,1H3. The first-order valence-corrected chi connectivity index (χ1v) is 6.72. The molecule has 21 heavy (non-hydrogen) atoms. The Morgan fingerprint density at radius 2 is 2.00 bits per heavy atom. The quantitative estimate of drug-likeness (QED) is 0.621. The van der Waals surface area contributed by atoms with Crippen LogP contribution < -0.4 is 10.4 Å². The fourth-order valence-electron chi connectivity index (χ4n) is 2.18. The molecule has 1 aromatic carbocycles. The van der Waals surface area contributed by atoms with Crippen molar-refractivity contribution in [2.75, 3.05) is 12.0 Å². The van der Waals surface area contributed by atoms with Crippen molar-refractivity contribution in [3.8, 4) is 0 Å². The van der Waals surface area contributed by atoms with Crippen LogP contribution in [0.3, 0.4) is 0 Å². The van der Waals surface area contributed by atoms with E-state index < -0.39 is 23.9 Å². The molecule has 0 radical (unpaired) electrons. The van der Waals surface area contributed by atoms with Gasteiger partial charge in [0.2, 0.25) is 0 Å². The summed E-state index contributed by atoms with van der Waals surface area (Å²) in [4.78, 5) is 42.3. The van der Waals surface area contributed by atoms with Crippen molar-refractivity contribution in [1.82, 2.24) is 5.48 Å². The lowest BCUT2D eigenvalue weighted by molar-refractivity contribution is -0.139. The average molecular weight is 353 g/mol. The van der Waals surface area contributed by atoms with Crippen LogP contribution >= 0.6 is 15.9 Å². The van der Waals surface area contributed by atoms with E-state index in [1.165, 1.54) is 7.11 Å². The second-order valence-electron chi connectivity index (χ2n) is 4.34. The molecule has 0 saturated carbocycles. The van der Waals surface area contributed by atoms with Gasteiger partial charge in [-0.2, -0.15) is 0 Å². The topological polar surface area (TPSA) is 84.9 Å². The lowest BCUT2D eigenvalue weighted by Gasteiger charge is -2.15. The Hall–Kier alpha value is -2.19. The maximum Gasteiger partial charge on any atom is 0.357 e. The summed E-state index contributed by atoms with van der Waals surface area (Å²) in [5, 5.41) is 0. The van der Waals surface area contributed by atoms with E-state index in [0.29, 0.717) is 5.69 Å². The Kier molecular flexibility index (Phi) is 3.26. The molecule has 1 saturated heterocycles. The SMILES string of the molecule is COC(=O)C1=C2C(=O)N(c3ccc(Br)cc3)C(=O)C2ON1. The molecule has 108 valence electrons. The number of halogens is 1. The minimum atomic E-state index is -1.13. The van der Waals surface area contributed by atoms with Crippen LogP contribution in [0.5, 0.6) is 0 Å². The molecule has 0 spiro atoms. The number of amides is 2. The largest absolute Gasteiger partial charge is 0.464 e. The van der Waals surface area contributed by atoms with Gasteiger partial charge in [0.05, 0.1) is 18.4 Å². The molecule has 8 heteroatoms. The van der Waals surface area contributed by atoms with Crippen molar-refractivity contribution in [2.24, 2.45) is 0 Å². The predicted octanol–water partition coefficient (Wildman–Crippen LogP) is 0.653. The second-order valence-corrected chi connectivity index (χ2v) is 5.25. The molecule has 1 unspecified atom stereocenters. The number of esters is 1. The van der Waals surface area contributed by atoms with E-state index >= 15 is 0 Å². The van der Waals surface area contributed by atoms with Crippen LogP contribution in [-0.4, -0.2) is 31.0 Å². The number of imide groups is 1. The smallest absolute Gasteiger partial charge is 0.357 e. The van der Waals surface area contributed by atoms with E-state index in [9.17, 15) is 14.4 Å². The van der Waals surface area contributed by atoms with Crippen LogP contribution in [0.25, 0.3) is 0 Å². The number of hydroxylamine groups is 1. The van der Waals surface area contributed by atoms with Gasteiger partial charge in [-0.15, -0.1) is 0 Å². The first-order valence-electron chi connectivity index (χ1n) is 5.92. The van der Waals surface area contributed by atoms with Gasteiger partial charge in [0.15, 0.2) is 11.8 Å². The fraction of sp³-hybridized carbons (Fsp3) is 0.154. The zero-order valence-corrected chi connectivity index (χ0v) is 12.3. The number of anilines is 1. The molecule has 2 aliphatic heterocycles. The molecule has 1 fully saturated rings. The Morgan fingerprint density at radius 3 is 2.62 bits per heavy atom. The van der Waals surface area contributed by atoms with Crippen LogP contribution in [0.2, 0.25) is 0 Å². The molecule has 0 aromatic heterocycles. The number of fused-ring (bicyclic) bond motifs is 1. The molecule has 1 aromatic rings. The molecular formula is C13H9BrN2O5. The molecule has 2 amide bonds. The summed E-state index contributed by atoms with van der Waals surface area (Å²) in [5.41, 5.74) is 2.51. The molecule has 1 N–H and O–H groups in total. The van der Waals surface area contributed by atoms with Gasteiger partial charge in [-0.05, 0) is 24.3 Å². The number of hydrogen-bond donors (Lipinski definition) is 1. The van der Waals surface area contributed by atoms with Gasteiger partial charge < -0.3 is 4.74 Å². The number of hydrogen-bond acceptors (Lipinski definition) is 6. The van der Waals surface area contributed by atoms with E-state index in [-0.39, 0.29) is 11.3 Å². The third kappa shape index (κ3) is 2.03. The zero-order valence-electron chi connectivity index (χ0n) is 10.8. The lowest BCUT2D eigenvalue weighted by atomic mass is 10.1. The Bertz CT molecular complexity index is 682. The van der Waals surface area contributed by atoms with E-state index in [0.717, 1.165) is 9.37 Å². The molecule has 1 atom stereocenters. The van der Waals surface area contributed by atoms with Gasteiger partial charge >= 0.3 is 5.97 Å². The van der Waals surface area contributed by atoms with Gasteiger partial charge in [-0.3, -0.25) is 19.9 Å². The fourth-order valence-corrected chi connectivity index (χ4v) is 2.45. The van der Waals surface area contributed by atoms with Crippen molar-refractivity contribution in [3.63, 3.8) is 0 Å². The van der Waals surface area contributed by atoms with Gasteiger partial charge in [-0.1, -0.05) is 15.9 Å². The number of benzene rings is 1. The first kappa shape index (κ1) is 13.8. The zero-order chi connectivity index (χ0) is 15.1. The van der Waals surface area contributed by atoms with Gasteiger partial charge in [0, 0.05) is 4.47 Å². The highest BCUT2D eigenvalue weighted by atomic mass is 79.9. The molecule has 0 aliphatic carbocycles. The number of carbonyl (C=O) groups is 3. The minimum absolute atomic E-state index is 0.0326. The van der Waals surface area contributed by atoms with Crippen LogP contribution in [-0.2, 0) is 24.0 Å². The summed E-state index contributed by atoms with van der Waals surface area (Å²) in [7, 11) is 1.18. The van der Waals surface area contributed by atoms with Crippen molar-refractivity contribution in [2.45, 2.75) is 6.10 Å². The number of methoxy groups -OCH3 is 1. The maximum absolute atomic E-state index is 12.4. The van der Waals surface area contributed by atoms with Crippen molar-refractivity contribution < 1.29 is 24.0 Å². The summed E-state index contributed by atoms with van der Waals surface area (Å²) < 4.78 is 5.37. The first-order chi connectivity index (χ1) is 10.0. The number of rotatable bonds is 2. The van der Waals surface area contributed by atoms with Crippen LogP contribution in [0.4, 0.5) is 5.69 Å². The van der Waals surface area contributed by atoms with Crippen molar-refractivity contribution in [3.05, 3.63) is 40.0 Å². The number of nitrogens with zero attached hydrogens (tertiary/aromatic N) is 1. The van der Waals surface area contributed by atoms with E-state index in [1.807, 2.05) is 0 Å². The molecule has 2 heterocycles. The summed E-state index contributed by atoms with van der Waals surface area (Å²) in [6.07, 6.45) is -1.13. The molecule has 7 nitrogen and oxygen atoms in total. The minimum Gasteiger partial charge on any atom is -0.464 e. The highest BCUT2D eigenvalue weighted by Gasteiger charge is 2.52. The third-order valence-electron chi connectivity index (χ3n) is 3.16. The average Bonchev–Trinajstić information content (AvgIpc) is 3.01. The normalized spacial score (nSPS) is 20.7. The summed E-state index contributed by atoms with van der Waals surface area (Å²) in [6.45, 7) is 0. The second kappa shape index (κ2) is 4.97. The molecule has 3 rings (SSSR count). The number of ether oxygens (including phenoxy) is 1. The Labute approximate surface area is 127 Å². The third-order valence-corrected chi connectivity index (χ3v) is 3.69. The Balaban J connectivity index is 2.04. The van der Waals surface area contributed by atoms with Crippen molar-refractivity contribution >= 4 is 39.4 Å². The predicted molar refractivity (Wildman–Crippen MR) is 73.7 cm³/mol. The monoisotopic (exact) mass is 352 g/mol. The van der Waals surface area contributed by atoms with E-state index in [4.69, 9.17) is 4.84 Å². The summed E-state index contributed by atoms with van der Waals surface area (Å²) in [5.74, 6) is -1.91. The summed E-state index contributed by atoms with van der Waals surface area (Å²) in [6, 6.07) is 6.65. The van der Waals surface area contributed by atoms with Crippen LogP contribution in [0.15, 0.2) is 40.0 Å². The highest BCUT2D eigenvalue weighted by molar-refractivity contribution is 9.10. The molecule has 0 bridgehead atoms. The van der Waals surface area contributed by atoms with E-state index in [1.54, 1.807) is 24.3 Å². The lowest BCUT2D eigenvalue weighted by Crippen LogP contribution is -2.35. The summed E-state index contributed by atoms with van der Waals surface area (Å²) >= 11 is 3.28. The van der Waals surface area contributed by atoms with Gasteiger partial charge in [0.1, 0.15) is 0 Å². The van der Waals surface area contributed by atoms with Crippen LogP contribution in [0.1, 0.15) is 0 Å². The van der Waals surface area contributed by atoms with Crippen molar-refractivity contribution in [1.29, 1.82) is 0 Å². The van der Waals surface area contributed by atoms with Gasteiger partial charge in [-0.25, -0.2) is 9.69 Å². The highest BCUT2D eigenvalue weighted by Crippen LogP contribution is 2.33. The van der Waals surface area contributed by atoms with Crippen LogP contribution in [0, 0.1) is 0 Å². The molecule has 2 aliphatic rings. The van der Waals surface area contributed by atoms with E-state index in [2.05, 4.69) is 26.1 Å².